The predicted molar refractivity (Wildman–Crippen MR) is 65.6 cm³/mol. The van der Waals surface area contributed by atoms with Crippen molar-refractivity contribution in [1.29, 1.82) is 0 Å². The van der Waals surface area contributed by atoms with E-state index in [4.69, 9.17) is 0 Å². The zero-order chi connectivity index (χ0) is 11.7. The molecular weight excluding hydrogens is 214 g/mol. The molecular formula is C12H17N5. The summed E-state index contributed by atoms with van der Waals surface area (Å²) >= 11 is 0. The van der Waals surface area contributed by atoms with Gasteiger partial charge in [0.2, 0.25) is 0 Å². The second-order valence-corrected chi connectivity index (χ2v) is 4.61. The number of imidazole rings is 1. The van der Waals surface area contributed by atoms with Gasteiger partial charge in [0, 0.05) is 24.7 Å². The minimum atomic E-state index is 0.571. The summed E-state index contributed by atoms with van der Waals surface area (Å²) in [6.07, 6.45) is 8.10. The largest absolute Gasteiger partial charge is 0.342 e. The average Bonchev–Trinajstić information content (AvgIpc) is 2.98. The van der Waals surface area contributed by atoms with Crippen molar-refractivity contribution in [2.45, 2.75) is 18.8 Å². The number of rotatable bonds is 2. The minimum absolute atomic E-state index is 0.571. The molecule has 0 radical (unpaired) electrons. The van der Waals surface area contributed by atoms with Crippen LogP contribution < -0.4 is 5.32 Å². The third-order valence-electron chi connectivity index (χ3n) is 3.34. The van der Waals surface area contributed by atoms with Crippen LogP contribution in [0.15, 0.2) is 18.6 Å². The number of aryl methyl sites for hydroxylation is 1. The molecule has 1 aliphatic rings. The minimum Gasteiger partial charge on any atom is -0.342 e. The van der Waals surface area contributed by atoms with Gasteiger partial charge in [-0.25, -0.2) is 4.98 Å². The zero-order valence-electron chi connectivity index (χ0n) is 9.98. The molecule has 1 aliphatic heterocycles. The standard InChI is InChI=1S/C12H17N5/c1-17-8-10(6-15-17)11-7-14-12(16-11)9-2-4-13-5-3-9/h6-9,13H,2-5H2,1H3,(H,14,16). The highest BCUT2D eigenvalue weighted by Crippen LogP contribution is 2.25. The smallest absolute Gasteiger partial charge is 0.109 e. The Hall–Kier alpha value is -1.62. The third-order valence-corrected chi connectivity index (χ3v) is 3.34. The topological polar surface area (TPSA) is 58.5 Å². The zero-order valence-corrected chi connectivity index (χ0v) is 9.98. The van der Waals surface area contributed by atoms with E-state index in [1.165, 1.54) is 12.8 Å². The summed E-state index contributed by atoms with van der Waals surface area (Å²) in [7, 11) is 1.92. The highest BCUT2D eigenvalue weighted by atomic mass is 15.2. The predicted octanol–water partition coefficient (Wildman–Crippen LogP) is 1.28. The van der Waals surface area contributed by atoms with Crippen molar-refractivity contribution < 1.29 is 0 Å². The van der Waals surface area contributed by atoms with Crippen LogP contribution in [0.3, 0.4) is 0 Å². The Kier molecular flexibility index (Phi) is 2.68. The fourth-order valence-electron chi connectivity index (χ4n) is 2.35. The number of H-pyrrole nitrogens is 1. The second kappa shape index (κ2) is 4.33. The lowest BCUT2D eigenvalue weighted by atomic mass is 9.98. The van der Waals surface area contributed by atoms with Gasteiger partial charge in [0.05, 0.1) is 18.1 Å². The Labute approximate surface area is 100 Å². The molecule has 17 heavy (non-hydrogen) atoms. The van der Waals surface area contributed by atoms with Crippen LogP contribution in [0.2, 0.25) is 0 Å². The fourth-order valence-corrected chi connectivity index (χ4v) is 2.35. The number of piperidine rings is 1. The first-order valence-corrected chi connectivity index (χ1v) is 6.07. The lowest BCUT2D eigenvalue weighted by Crippen LogP contribution is -2.27. The average molecular weight is 231 g/mol. The highest BCUT2D eigenvalue weighted by molar-refractivity contribution is 5.56. The molecule has 2 N–H and O–H groups in total. The van der Waals surface area contributed by atoms with Crippen molar-refractivity contribution in [3.05, 3.63) is 24.4 Å². The summed E-state index contributed by atoms with van der Waals surface area (Å²) in [6.45, 7) is 2.18. The molecule has 5 nitrogen and oxygen atoms in total. The summed E-state index contributed by atoms with van der Waals surface area (Å²) < 4.78 is 1.81. The van der Waals surface area contributed by atoms with Crippen LogP contribution in [0.1, 0.15) is 24.6 Å². The number of aromatic amines is 1. The molecule has 2 aromatic heterocycles. The van der Waals surface area contributed by atoms with E-state index in [0.717, 1.165) is 30.2 Å². The van der Waals surface area contributed by atoms with E-state index in [1.807, 2.05) is 25.6 Å². The first-order chi connectivity index (χ1) is 8.33. The maximum Gasteiger partial charge on any atom is 0.109 e. The van der Waals surface area contributed by atoms with Gasteiger partial charge in [-0.15, -0.1) is 0 Å². The Bertz CT molecular complexity index is 492. The summed E-state index contributed by atoms with van der Waals surface area (Å²) in [5.41, 5.74) is 2.16. The molecule has 0 bridgehead atoms. The molecule has 0 aromatic carbocycles. The van der Waals surface area contributed by atoms with Crippen LogP contribution in [-0.2, 0) is 7.05 Å². The number of nitrogens with one attached hydrogen (secondary N) is 2. The third kappa shape index (κ3) is 2.10. The van der Waals surface area contributed by atoms with E-state index < -0.39 is 0 Å². The molecule has 5 heteroatoms. The van der Waals surface area contributed by atoms with Crippen molar-refractivity contribution in [2.75, 3.05) is 13.1 Å². The number of hydrogen-bond acceptors (Lipinski definition) is 3. The molecule has 90 valence electrons. The molecule has 0 spiro atoms. The van der Waals surface area contributed by atoms with Crippen LogP contribution in [0, 0.1) is 0 Å². The number of aromatic nitrogens is 4. The second-order valence-electron chi connectivity index (χ2n) is 4.61. The lowest BCUT2D eigenvalue weighted by molar-refractivity contribution is 0.447. The van der Waals surface area contributed by atoms with E-state index >= 15 is 0 Å². The molecule has 0 unspecified atom stereocenters. The van der Waals surface area contributed by atoms with Crippen molar-refractivity contribution in [2.24, 2.45) is 7.05 Å². The first kappa shape index (κ1) is 10.5. The quantitative estimate of drug-likeness (QED) is 0.818. The van der Waals surface area contributed by atoms with E-state index in [1.54, 1.807) is 4.68 Å². The van der Waals surface area contributed by atoms with Gasteiger partial charge >= 0.3 is 0 Å². The molecule has 1 fully saturated rings. The van der Waals surface area contributed by atoms with Crippen molar-refractivity contribution in [3.8, 4) is 11.3 Å². The molecule has 3 rings (SSSR count). The maximum absolute atomic E-state index is 4.51. The molecule has 0 atom stereocenters. The van der Waals surface area contributed by atoms with Gasteiger partial charge in [-0.05, 0) is 25.9 Å². The van der Waals surface area contributed by atoms with Gasteiger partial charge in [0.25, 0.3) is 0 Å². The molecule has 3 heterocycles. The maximum atomic E-state index is 4.51. The Morgan fingerprint density at radius 2 is 2.12 bits per heavy atom. The first-order valence-electron chi connectivity index (χ1n) is 6.07. The summed E-state index contributed by atoms with van der Waals surface area (Å²) in [4.78, 5) is 7.93. The molecule has 1 saturated heterocycles. The van der Waals surface area contributed by atoms with Gasteiger partial charge in [0.15, 0.2) is 0 Å². The van der Waals surface area contributed by atoms with Crippen molar-refractivity contribution in [1.82, 2.24) is 25.1 Å². The highest BCUT2D eigenvalue weighted by Gasteiger charge is 2.18. The van der Waals surface area contributed by atoms with Gasteiger partial charge in [-0.3, -0.25) is 4.68 Å². The Balaban J connectivity index is 1.82. The lowest BCUT2D eigenvalue weighted by Gasteiger charge is -2.20. The van der Waals surface area contributed by atoms with E-state index in [2.05, 4.69) is 20.4 Å². The van der Waals surface area contributed by atoms with Gasteiger partial charge in [0.1, 0.15) is 5.82 Å². The fraction of sp³-hybridized carbons (Fsp3) is 0.500. The number of hydrogen-bond donors (Lipinski definition) is 2. The summed E-state index contributed by atoms with van der Waals surface area (Å²) in [5.74, 6) is 1.69. The van der Waals surface area contributed by atoms with Crippen LogP contribution in [0.25, 0.3) is 11.3 Å². The van der Waals surface area contributed by atoms with Crippen LogP contribution in [-0.4, -0.2) is 32.8 Å². The normalized spacial score (nSPS) is 17.5. The van der Waals surface area contributed by atoms with Crippen LogP contribution in [0.5, 0.6) is 0 Å². The molecule has 2 aromatic rings. The molecule has 0 amide bonds. The monoisotopic (exact) mass is 231 g/mol. The Morgan fingerprint density at radius 1 is 1.29 bits per heavy atom. The van der Waals surface area contributed by atoms with E-state index in [9.17, 15) is 0 Å². The van der Waals surface area contributed by atoms with Gasteiger partial charge < -0.3 is 10.3 Å². The van der Waals surface area contributed by atoms with E-state index in [-0.39, 0.29) is 0 Å². The van der Waals surface area contributed by atoms with Gasteiger partial charge in [-0.1, -0.05) is 0 Å². The van der Waals surface area contributed by atoms with Crippen molar-refractivity contribution in [3.63, 3.8) is 0 Å². The van der Waals surface area contributed by atoms with Gasteiger partial charge in [-0.2, -0.15) is 5.10 Å². The van der Waals surface area contributed by atoms with Crippen molar-refractivity contribution >= 4 is 0 Å². The Morgan fingerprint density at radius 3 is 2.82 bits per heavy atom. The summed E-state index contributed by atoms with van der Waals surface area (Å²) in [6, 6.07) is 0. The molecule has 0 aliphatic carbocycles. The molecule has 0 saturated carbocycles. The summed E-state index contributed by atoms with van der Waals surface area (Å²) in [5, 5.41) is 7.54. The van der Waals surface area contributed by atoms with Crippen LogP contribution in [0.4, 0.5) is 0 Å². The van der Waals surface area contributed by atoms with E-state index in [0.29, 0.717) is 5.92 Å². The SMILES string of the molecule is Cn1cc(-c2cnc(C3CCNCC3)[nH]2)cn1. The number of nitrogens with zero attached hydrogens (tertiary/aromatic N) is 3. The van der Waals surface area contributed by atoms with Crippen LogP contribution >= 0.6 is 0 Å².